The Morgan fingerprint density at radius 1 is 1.04 bits per heavy atom. The molecule has 1 aromatic carbocycles. The zero-order chi connectivity index (χ0) is 20.3. The summed E-state index contributed by atoms with van der Waals surface area (Å²) in [4.78, 5) is 0.602. The Morgan fingerprint density at radius 2 is 1.75 bits per heavy atom. The quantitative estimate of drug-likeness (QED) is 0.526. The van der Waals surface area contributed by atoms with Crippen molar-refractivity contribution in [2.24, 2.45) is 0 Å². The summed E-state index contributed by atoms with van der Waals surface area (Å²) >= 11 is 1.03. The Balaban J connectivity index is 1.66. The van der Waals surface area contributed by atoms with Crippen LogP contribution in [-0.2, 0) is 14.8 Å². The number of aliphatic hydroxyl groups is 3. The van der Waals surface area contributed by atoms with Crippen LogP contribution in [0.3, 0.4) is 0 Å². The van der Waals surface area contributed by atoms with Crippen LogP contribution in [0.2, 0.25) is 0 Å². The van der Waals surface area contributed by atoms with Crippen molar-refractivity contribution in [1.82, 2.24) is 4.72 Å². The molecule has 1 aliphatic heterocycles. The average molecular weight is 424 g/mol. The SMILES string of the molecule is CC1OC(CNS(=O)(=O)c2ccc(C#Cc3ccccc3)s2)C(O)C(O)C1O. The molecular weight excluding hydrogens is 402 g/mol. The molecule has 9 heteroatoms. The first-order chi connectivity index (χ1) is 13.3. The summed E-state index contributed by atoms with van der Waals surface area (Å²) in [7, 11) is -3.83. The number of benzene rings is 1. The summed E-state index contributed by atoms with van der Waals surface area (Å²) in [5.74, 6) is 5.90. The number of aliphatic hydroxyl groups excluding tert-OH is 3. The predicted octanol–water partition coefficient (Wildman–Crippen LogP) is 0.296. The van der Waals surface area contributed by atoms with Crippen molar-refractivity contribution >= 4 is 21.4 Å². The van der Waals surface area contributed by atoms with E-state index in [1.54, 1.807) is 6.07 Å². The Morgan fingerprint density at radius 3 is 2.46 bits per heavy atom. The van der Waals surface area contributed by atoms with Crippen molar-refractivity contribution in [2.45, 2.75) is 41.7 Å². The van der Waals surface area contributed by atoms with Crippen LogP contribution in [0.5, 0.6) is 0 Å². The van der Waals surface area contributed by atoms with Gasteiger partial charge in [-0.15, -0.1) is 11.3 Å². The van der Waals surface area contributed by atoms with E-state index in [4.69, 9.17) is 4.74 Å². The van der Waals surface area contributed by atoms with Crippen LogP contribution in [0.1, 0.15) is 17.4 Å². The van der Waals surface area contributed by atoms with Gasteiger partial charge in [-0.3, -0.25) is 0 Å². The van der Waals surface area contributed by atoms with E-state index >= 15 is 0 Å². The lowest BCUT2D eigenvalue weighted by Gasteiger charge is -2.39. The largest absolute Gasteiger partial charge is 0.388 e. The summed E-state index contributed by atoms with van der Waals surface area (Å²) in [6.07, 6.45) is -5.73. The van der Waals surface area contributed by atoms with Gasteiger partial charge < -0.3 is 20.1 Å². The molecule has 7 nitrogen and oxygen atoms in total. The van der Waals surface area contributed by atoms with Crippen molar-refractivity contribution in [1.29, 1.82) is 0 Å². The van der Waals surface area contributed by atoms with Crippen LogP contribution in [-0.4, -0.2) is 60.8 Å². The lowest BCUT2D eigenvalue weighted by atomic mass is 9.96. The minimum absolute atomic E-state index is 0.0868. The van der Waals surface area contributed by atoms with Crippen molar-refractivity contribution < 1.29 is 28.5 Å². The van der Waals surface area contributed by atoms with E-state index in [1.807, 2.05) is 30.3 Å². The van der Waals surface area contributed by atoms with Crippen molar-refractivity contribution in [2.75, 3.05) is 6.54 Å². The maximum Gasteiger partial charge on any atom is 0.250 e. The highest BCUT2D eigenvalue weighted by Crippen LogP contribution is 2.23. The zero-order valence-electron chi connectivity index (χ0n) is 15.0. The van der Waals surface area contributed by atoms with Crippen LogP contribution < -0.4 is 4.72 Å². The fourth-order valence-corrected chi connectivity index (χ4v) is 5.00. The summed E-state index contributed by atoms with van der Waals surface area (Å²) in [5.41, 5.74) is 0.830. The number of hydrogen-bond acceptors (Lipinski definition) is 7. The number of hydrogen-bond donors (Lipinski definition) is 4. The fraction of sp³-hybridized carbons (Fsp3) is 0.368. The number of thiophene rings is 1. The number of nitrogens with one attached hydrogen (secondary N) is 1. The van der Waals surface area contributed by atoms with Gasteiger partial charge in [0, 0.05) is 12.1 Å². The van der Waals surface area contributed by atoms with Gasteiger partial charge >= 0.3 is 0 Å². The van der Waals surface area contributed by atoms with Gasteiger partial charge in [-0.2, -0.15) is 0 Å². The number of ether oxygens (including phenoxy) is 1. The Hall–Kier alpha value is -1.77. The van der Waals surface area contributed by atoms with Gasteiger partial charge in [-0.05, 0) is 31.2 Å². The van der Waals surface area contributed by atoms with E-state index in [1.165, 1.54) is 13.0 Å². The van der Waals surface area contributed by atoms with Gasteiger partial charge in [-0.25, -0.2) is 13.1 Å². The lowest BCUT2D eigenvalue weighted by Crippen LogP contribution is -2.59. The summed E-state index contributed by atoms with van der Waals surface area (Å²) in [6, 6.07) is 12.4. The van der Waals surface area contributed by atoms with Crippen LogP contribution in [0.15, 0.2) is 46.7 Å². The van der Waals surface area contributed by atoms with E-state index in [-0.39, 0.29) is 10.8 Å². The van der Waals surface area contributed by atoms with Crippen molar-refractivity contribution in [3.8, 4) is 11.8 Å². The molecule has 1 aromatic heterocycles. The molecule has 0 aliphatic carbocycles. The molecule has 0 amide bonds. The molecule has 3 rings (SSSR count). The van der Waals surface area contributed by atoms with Gasteiger partial charge in [0.25, 0.3) is 0 Å². The molecule has 1 aliphatic rings. The minimum atomic E-state index is -3.83. The van der Waals surface area contributed by atoms with Crippen LogP contribution in [0.25, 0.3) is 0 Å². The highest BCUT2D eigenvalue weighted by molar-refractivity contribution is 7.91. The lowest BCUT2D eigenvalue weighted by molar-refractivity contribution is -0.214. The van der Waals surface area contributed by atoms with Gasteiger partial charge in [-0.1, -0.05) is 30.0 Å². The fourth-order valence-electron chi connectivity index (χ4n) is 2.76. The molecular formula is C19H21NO6S2. The number of sulfonamides is 1. The van der Waals surface area contributed by atoms with E-state index in [9.17, 15) is 23.7 Å². The topological polar surface area (TPSA) is 116 Å². The zero-order valence-corrected chi connectivity index (χ0v) is 16.7. The molecule has 0 spiro atoms. The van der Waals surface area contributed by atoms with Crippen LogP contribution in [0.4, 0.5) is 0 Å². The summed E-state index contributed by atoms with van der Waals surface area (Å²) in [6.45, 7) is 1.30. The Bertz CT molecular complexity index is 963. The molecule has 0 bridgehead atoms. The maximum atomic E-state index is 12.5. The summed E-state index contributed by atoms with van der Waals surface area (Å²) < 4.78 is 32.9. The van der Waals surface area contributed by atoms with Gasteiger partial charge in [0.2, 0.25) is 10.0 Å². The monoisotopic (exact) mass is 423 g/mol. The van der Waals surface area contributed by atoms with E-state index in [2.05, 4.69) is 16.6 Å². The second-order valence-corrected chi connectivity index (χ2v) is 9.52. The first-order valence-corrected chi connectivity index (χ1v) is 10.9. The molecule has 5 unspecified atom stereocenters. The Kier molecular flexibility index (Phi) is 6.52. The summed E-state index contributed by atoms with van der Waals surface area (Å²) in [5, 5.41) is 29.5. The molecule has 0 saturated carbocycles. The first kappa shape index (κ1) is 21.0. The van der Waals surface area contributed by atoms with Gasteiger partial charge in [0.15, 0.2) is 0 Å². The van der Waals surface area contributed by atoms with E-state index in [0.29, 0.717) is 4.88 Å². The minimum Gasteiger partial charge on any atom is -0.388 e. The molecule has 2 aromatic rings. The third kappa shape index (κ3) is 4.79. The maximum absolute atomic E-state index is 12.5. The molecule has 5 atom stereocenters. The predicted molar refractivity (Wildman–Crippen MR) is 104 cm³/mol. The van der Waals surface area contributed by atoms with Gasteiger partial charge in [0.05, 0.1) is 11.0 Å². The molecule has 150 valence electrons. The molecule has 1 saturated heterocycles. The molecule has 1 fully saturated rings. The van der Waals surface area contributed by atoms with Crippen molar-refractivity contribution in [3.05, 3.63) is 52.9 Å². The molecule has 2 heterocycles. The third-order valence-electron chi connectivity index (χ3n) is 4.38. The van der Waals surface area contributed by atoms with Crippen molar-refractivity contribution in [3.63, 3.8) is 0 Å². The van der Waals surface area contributed by atoms with Crippen LogP contribution >= 0.6 is 11.3 Å². The molecule has 4 N–H and O–H groups in total. The number of rotatable bonds is 4. The molecule has 0 radical (unpaired) electrons. The first-order valence-electron chi connectivity index (χ1n) is 8.64. The normalized spacial score (nSPS) is 27.8. The second-order valence-electron chi connectivity index (χ2n) is 6.44. The Labute approximate surface area is 167 Å². The smallest absolute Gasteiger partial charge is 0.250 e. The average Bonchev–Trinajstić information content (AvgIpc) is 3.17. The molecule has 28 heavy (non-hydrogen) atoms. The highest BCUT2D eigenvalue weighted by atomic mass is 32.2. The third-order valence-corrected chi connectivity index (χ3v) is 7.29. The van der Waals surface area contributed by atoms with E-state index in [0.717, 1.165) is 16.9 Å². The highest BCUT2D eigenvalue weighted by Gasteiger charge is 2.41. The van der Waals surface area contributed by atoms with E-state index < -0.39 is 40.5 Å². The second kappa shape index (κ2) is 8.71. The van der Waals surface area contributed by atoms with Crippen LogP contribution in [0, 0.1) is 11.8 Å². The standard InChI is InChI=1S/C19H21NO6S2/c1-12-17(21)19(23)18(22)15(26-12)11-20-28(24,25)16-10-9-14(27-16)8-7-13-5-3-2-4-6-13/h2-6,9-10,12,15,17-23H,11H2,1H3. The van der Waals surface area contributed by atoms with Gasteiger partial charge in [0.1, 0.15) is 28.6 Å².